The number of thioether (sulfide) groups is 1. The topological polar surface area (TPSA) is 72.9 Å². The first-order chi connectivity index (χ1) is 11.5. The summed E-state index contributed by atoms with van der Waals surface area (Å²) in [7, 11) is -2.99. The molecule has 8 heteroatoms. The molecule has 6 nitrogen and oxygen atoms in total. The Morgan fingerprint density at radius 3 is 2.71 bits per heavy atom. The summed E-state index contributed by atoms with van der Waals surface area (Å²) in [6.07, 6.45) is 0.538. The summed E-state index contributed by atoms with van der Waals surface area (Å²) in [5.74, 6) is 1.94. The van der Waals surface area contributed by atoms with Gasteiger partial charge in [0.1, 0.15) is 13.2 Å². The Labute approximate surface area is 146 Å². The van der Waals surface area contributed by atoms with Crippen LogP contribution >= 0.6 is 11.8 Å². The average molecular weight is 371 g/mol. The van der Waals surface area contributed by atoms with Crippen molar-refractivity contribution in [2.45, 2.75) is 24.3 Å². The highest BCUT2D eigenvalue weighted by atomic mass is 32.2. The van der Waals surface area contributed by atoms with Gasteiger partial charge in [-0.05, 0) is 31.5 Å². The van der Waals surface area contributed by atoms with Gasteiger partial charge in [0.15, 0.2) is 21.3 Å². The maximum Gasteiger partial charge on any atom is 0.233 e. The molecule has 2 heterocycles. The van der Waals surface area contributed by atoms with Crippen molar-refractivity contribution in [2.75, 3.05) is 37.0 Å². The average Bonchev–Trinajstić information content (AvgIpc) is 2.93. The van der Waals surface area contributed by atoms with Crippen LogP contribution in [0.1, 0.15) is 13.3 Å². The highest BCUT2D eigenvalue weighted by Gasteiger charge is 2.33. The quantitative estimate of drug-likeness (QED) is 0.732. The fourth-order valence-electron chi connectivity index (χ4n) is 3.00. The third kappa shape index (κ3) is 3.97. The third-order valence-electron chi connectivity index (χ3n) is 4.19. The molecular weight excluding hydrogens is 350 g/mol. The van der Waals surface area contributed by atoms with Crippen LogP contribution in [0.25, 0.3) is 0 Å². The summed E-state index contributed by atoms with van der Waals surface area (Å²) in [5.41, 5.74) is 0. The van der Waals surface area contributed by atoms with Crippen LogP contribution in [-0.2, 0) is 14.6 Å². The van der Waals surface area contributed by atoms with Crippen molar-refractivity contribution in [2.24, 2.45) is 0 Å². The van der Waals surface area contributed by atoms with Crippen LogP contribution in [0.4, 0.5) is 0 Å². The predicted octanol–water partition coefficient (Wildman–Crippen LogP) is 1.59. The Balaban J connectivity index is 1.60. The zero-order valence-electron chi connectivity index (χ0n) is 13.6. The monoisotopic (exact) mass is 371 g/mol. The van der Waals surface area contributed by atoms with Gasteiger partial charge in [0.25, 0.3) is 0 Å². The van der Waals surface area contributed by atoms with Gasteiger partial charge in [0.2, 0.25) is 5.91 Å². The second-order valence-electron chi connectivity index (χ2n) is 5.83. The fraction of sp³-hybridized carbons (Fsp3) is 0.562. The summed E-state index contributed by atoms with van der Waals surface area (Å²) in [6.45, 7) is 3.49. The van der Waals surface area contributed by atoms with Gasteiger partial charge in [-0.25, -0.2) is 8.42 Å². The second kappa shape index (κ2) is 7.23. The molecule has 132 valence electrons. The standard InChI is InChI=1S/C16H21NO5S2/c1-2-17(12-5-8-24(19,20)11-12)16(18)10-23-13-3-4-14-15(9-13)22-7-6-21-14/h3-4,9,12H,2,5-8,10-11H2,1H3/t12-/m0/s1. The van der Waals surface area contributed by atoms with E-state index in [0.717, 1.165) is 10.6 Å². The Morgan fingerprint density at radius 2 is 2.04 bits per heavy atom. The largest absolute Gasteiger partial charge is 0.486 e. The lowest BCUT2D eigenvalue weighted by molar-refractivity contribution is -0.129. The van der Waals surface area contributed by atoms with Crippen molar-refractivity contribution >= 4 is 27.5 Å². The highest BCUT2D eigenvalue weighted by molar-refractivity contribution is 8.00. The molecule has 0 N–H and O–H groups in total. The molecule has 1 aromatic rings. The number of carbonyl (C=O) groups excluding carboxylic acids is 1. The third-order valence-corrected chi connectivity index (χ3v) is 6.92. The van der Waals surface area contributed by atoms with Gasteiger partial charge < -0.3 is 14.4 Å². The molecular formula is C16H21NO5S2. The molecule has 2 aliphatic rings. The van der Waals surface area contributed by atoms with Gasteiger partial charge in [-0.3, -0.25) is 4.79 Å². The molecule has 0 aliphatic carbocycles. The Bertz CT molecular complexity index is 719. The molecule has 24 heavy (non-hydrogen) atoms. The van der Waals surface area contributed by atoms with E-state index < -0.39 is 9.84 Å². The minimum atomic E-state index is -2.99. The number of hydrogen-bond donors (Lipinski definition) is 0. The molecule has 3 rings (SSSR count). The maximum atomic E-state index is 12.5. The van der Waals surface area contributed by atoms with Crippen LogP contribution in [0.5, 0.6) is 11.5 Å². The number of sulfone groups is 1. The SMILES string of the molecule is CCN(C(=O)CSc1ccc2c(c1)OCCO2)[C@H]1CCS(=O)(=O)C1. The first-order valence-electron chi connectivity index (χ1n) is 8.01. The van der Waals surface area contributed by atoms with Gasteiger partial charge in [0, 0.05) is 17.5 Å². The van der Waals surface area contributed by atoms with Crippen molar-refractivity contribution in [3.05, 3.63) is 18.2 Å². The van der Waals surface area contributed by atoms with E-state index in [9.17, 15) is 13.2 Å². The molecule has 1 fully saturated rings. The molecule has 1 amide bonds. The zero-order valence-corrected chi connectivity index (χ0v) is 15.2. The van der Waals surface area contributed by atoms with Crippen molar-refractivity contribution in [3.63, 3.8) is 0 Å². The summed E-state index contributed by atoms with van der Waals surface area (Å²) >= 11 is 1.43. The van der Waals surface area contributed by atoms with Crippen LogP contribution in [0, 0.1) is 0 Å². The zero-order chi connectivity index (χ0) is 17.2. The molecule has 0 unspecified atom stereocenters. The van der Waals surface area contributed by atoms with E-state index in [1.165, 1.54) is 11.8 Å². The molecule has 1 aromatic carbocycles. The number of hydrogen-bond acceptors (Lipinski definition) is 6. The van der Waals surface area contributed by atoms with E-state index in [1.807, 2.05) is 25.1 Å². The summed E-state index contributed by atoms with van der Waals surface area (Å²) in [6, 6.07) is 5.45. The van der Waals surface area contributed by atoms with E-state index in [0.29, 0.717) is 31.9 Å². The number of benzene rings is 1. The lowest BCUT2D eigenvalue weighted by Gasteiger charge is -2.26. The van der Waals surface area contributed by atoms with Crippen LogP contribution in [-0.4, -0.2) is 62.3 Å². The molecule has 0 saturated carbocycles. The Kier molecular flexibility index (Phi) is 5.24. The number of nitrogens with zero attached hydrogens (tertiary/aromatic N) is 1. The Hall–Kier alpha value is -1.41. The van der Waals surface area contributed by atoms with Crippen LogP contribution in [0.15, 0.2) is 23.1 Å². The molecule has 0 spiro atoms. The minimum Gasteiger partial charge on any atom is -0.486 e. The van der Waals surface area contributed by atoms with E-state index in [1.54, 1.807) is 4.90 Å². The number of amides is 1. The lowest BCUT2D eigenvalue weighted by Crippen LogP contribution is -2.41. The normalized spacial score (nSPS) is 21.5. The van der Waals surface area contributed by atoms with E-state index in [-0.39, 0.29) is 29.2 Å². The molecule has 2 aliphatic heterocycles. The minimum absolute atomic E-state index is 0.0283. The molecule has 0 radical (unpaired) electrons. The molecule has 1 atom stereocenters. The second-order valence-corrected chi connectivity index (χ2v) is 9.11. The van der Waals surface area contributed by atoms with Crippen molar-refractivity contribution in [1.29, 1.82) is 0 Å². The number of rotatable bonds is 5. The van der Waals surface area contributed by atoms with Gasteiger partial charge in [-0.1, -0.05) is 0 Å². The van der Waals surface area contributed by atoms with Crippen LogP contribution in [0.2, 0.25) is 0 Å². The Morgan fingerprint density at radius 1 is 1.29 bits per heavy atom. The highest BCUT2D eigenvalue weighted by Crippen LogP contribution is 2.34. The summed E-state index contributed by atoms with van der Waals surface area (Å²) in [4.78, 5) is 15.1. The first kappa shape index (κ1) is 17.4. The molecule has 0 bridgehead atoms. The van der Waals surface area contributed by atoms with Crippen LogP contribution in [0.3, 0.4) is 0 Å². The fourth-order valence-corrected chi connectivity index (χ4v) is 5.54. The molecule has 1 saturated heterocycles. The summed E-state index contributed by atoms with van der Waals surface area (Å²) in [5, 5.41) is 0. The van der Waals surface area contributed by atoms with Crippen molar-refractivity contribution < 1.29 is 22.7 Å². The lowest BCUT2D eigenvalue weighted by atomic mass is 10.2. The van der Waals surface area contributed by atoms with Crippen molar-refractivity contribution in [3.8, 4) is 11.5 Å². The van der Waals surface area contributed by atoms with E-state index in [4.69, 9.17) is 9.47 Å². The number of ether oxygens (including phenoxy) is 2. The van der Waals surface area contributed by atoms with Gasteiger partial charge >= 0.3 is 0 Å². The van der Waals surface area contributed by atoms with Gasteiger partial charge in [-0.15, -0.1) is 11.8 Å². The smallest absolute Gasteiger partial charge is 0.233 e. The van der Waals surface area contributed by atoms with E-state index >= 15 is 0 Å². The van der Waals surface area contributed by atoms with Gasteiger partial charge in [-0.2, -0.15) is 0 Å². The number of fused-ring (bicyclic) bond motifs is 1. The first-order valence-corrected chi connectivity index (χ1v) is 10.8. The van der Waals surface area contributed by atoms with Crippen LogP contribution < -0.4 is 9.47 Å². The van der Waals surface area contributed by atoms with Gasteiger partial charge in [0.05, 0.1) is 17.3 Å². The summed E-state index contributed by atoms with van der Waals surface area (Å²) < 4.78 is 34.3. The predicted molar refractivity (Wildman–Crippen MR) is 92.6 cm³/mol. The molecule has 0 aromatic heterocycles. The van der Waals surface area contributed by atoms with Crippen molar-refractivity contribution in [1.82, 2.24) is 4.90 Å². The maximum absolute atomic E-state index is 12.5. The number of carbonyl (C=O) groups is 1. The van der Waals surface area contributed by atoms with E-state index in [2.05, 4.69) is 0 Å².